The number of aryl methyl sites for hydroxylation is 1. The zero-order chi connectivity index (χ0) is 13.4. The molecule has 8 heteroatoms. The Kier molecular flexibility index (Phi) is 3.62. The molecule has 0 amide bonds. The molecule has 4 atom stereocenters. The van der Waals surface area contributed by atoms with E-state index in [4.69, 9.17) is 10.8 Å². The Morgan fingerprint density at radius 3 is 2.72 bits per heavy atom. The lowest BCUT2D eigenvalue weighted by atomic mass is 10.1. The van der Waals surface area contributed by atoms with Crippen molar-refractivity contribution in [2.45, 2.75) is 29.8 Å². The van der Waals surface area contributed by atoms with E-state index in [0.29, 0.717) is 5.56 Å². The van der Waals surface area contributed by atoms with E-state index in [-0.39, 0.29) is 12.4 Å². The van der Waals surface area contributed by atoms with Gasteiger partial charge in [-0.2, -0.15) is 4.98 Å². The zero-order valence-electron chi connectivity index (χ0n) is 9.72. The second-order valence-corrected chi connectivity index (χ2v) is 5.59. The number of thioether (sulfide) groups is 1. The molecule has 5 N–H and O–H groups in total. The molecule has 18 heavy (non-hydrogen) atoms. The molecule has 1 fully saturated rings. The second-order valence-electron chi connectivity index (χ2n) is 4.23. The van der Waals surface area contributed by atoms with E-state index in [1.54, 1.807) is 6.92 Å². The van der Waals surface area contributed by atoms with Gasteiger partial charge in [-0.05, 0) is 6.92 Å². The Morgan fingerprint density at radius 1 is 1.50 bits per heavy atom. The Morgan fingerprint density at radius 2 is 2.17 bits per heavy atom. The summed E-state index contributed by atoms with van der Waals surface area (Å²) in [7, 11) is 0. The highest BCUT2D eigenvalue weighted by atomic mass is 32.2. The lowest BCUT2D eigenvalue weighted by molar-refractivity contribution is 0.0101. The fourth-order valence-corrected chi connectivity index (χ4v) is 3.24. The van der Waals surface area contributed by atoms with Crippen LogP contribution in [0.5, 0.6) is 0 Å². The van der Waals surface area contributed by atoms with Crippen molar-refractivity contribution < 1.29 is 15.3 Å². The van der Waals surface area contributed by atoms with E-state index in [9.17, 15) is 15.0 Å². The highest BCUT2D eigenvalue weighted by Crippen LogP contribution is 2.40. The molecule has 1 saturated heterocycles. The van der Waals surface area contributed by atoms with E-state index < -0.39 is 28.5 Å². The van der Waals surface area contributed by atoms with Crippen LogP contribution >= 0.6 is 11.8 Å². The summed E-state index contributed by atoms with van der Waals surface area (Å²) in [5.74, 6) is 0.146. The number of anilines is 1. The maximum atomic E-state index is 11.7. The first kappa shape index (κ1) is 13.3. The van der Waals surface area contributed by atoms with Crippen molar-refractivity contribution in [3.63, 3.8) is 0 Å². The van der Waals surface area contributed by atoms with Gasteiger partial charge in [0.15, 0.2) is 0 Å². The first-order valence-corrected chi connectivity index (χ1v) is 6.37. The van der Waals surface area contributed by atoms with Gasteiger partial charge >= 0.3 is 5.69 Å². The number of nitrogens with two attached hydrogens (primary N) is 1. The van der Waals surface area contributed by atoms with Crippen molar-refractivity contribution in [2.24, 2.45) is 0 Å². The molecular formula is C10H15N3O4S. The van der Waals surface area contributed by atoms with E-state index >= 15 is 0 Å². The van der Waals surface area contributed by atoms with E-state index in [2.05, 4.69) is 4.98 Å². The van der Waals surface area contributed by atoms with Crippen molar-refractivity contribution in [3.05, 3.63) is 22.2 Å². The summed E-state index contributed by atoms with van der Waals surface area (Å²) >= 11 is 1.14. The second kappa shape index (κ2) is 4.88. The number of aliphatic hydroxyl groups is 3. The van der Waals surface area contributed by atoms with Crippen LogP contribution in [-0.2, 0) is 0 Å². The van der Waals surface area contributed by atoms with Gasteiger partial charge in [0.2, 0.25) is 0 Å². The van der Waals surface area contributed by atoms with Gasteiger partial charge in [0.1, 0.15) is 17.3 Å². The first-order valence-electron chi connectivity index (χ1n) is 5.43. The van der Waals surface area contributed by atoms with Crippen molar-refractivity contribution in [2.75, 3.05) is 12.3 Å². The van der Waals surface area contributed by atoms with Gasteiger partial charge in [0.25, 0.3) is 0 Å². The molecule has 2 heterocycles. The van der Waals surface area contributed by atoms with Crippen LogP contribution in [0, 0.1) is 6.92 Å². The number of hydrogen-bond acceptors (Lipinski definition) is 7. The molecule has 1 aliphatic rings. The van der Waals surface area contributed by atoms with E-state index in [1.165, 1.54) is 10.8 Å². The summed E-state index contributed by atoms with van der Waals surface area (Å²) < 4.78 is 1.24. The average Bonchev–Trinajstić information content (AvgIpc) is 2.61. The SMILES string of the molecule is Cc1cn([C@@H]2S[C@H](CO)[C@@H](O)[C@H]2O)c(=O)nc1N. The topological polar surface area (TPSA) is 122 Å². The molecule has 0 unspecified atom stereocenters. The lowest BCUT2D eigenvalue weighted by Gasteiger charge is -2.18. The summed E-state index contributed by atoms with van der Waals surface area (Å²) in [6.07, 6.45) is -0.706. The third-order valence-electron chi connectivity index (χ3n) is 2.97. The Balaban J connectivity index is 2.39. The van der Waals surface area contributed by atoms with Crippen LogP contribution in [0.15, 0.2) is 11.0 Å². The third kappa shape index (κ3) is 2.12. The predicted octanol–water partition coefficient (Wildman–Crippen LogP) is -1.54. The van der Waals surface area contributed by atoms with Crippen LogP contribution < -0.4 is 11.4 Å². The minimum Gasteiger partial charge on any atom is -0.395 e. The van der Waals surface area contributed by atoms with Gasteiger partial charge in [0.05, 0.1) is 18.0 Å². The summed E-state index contributed by atoms with van der Waals surface area (Å²) in [5, 5.41) is 27.5. The van der Waals surface area contributed by atoms with Gasteiger partial charge in [0, 0.05) is 11.8 Å². The summed E-state index contributed by atoms with van der Waals surface area (Å²) in [4.78, 5) is 15.4. The monoisotopic (exact) mass is 273 g/mol. The van der Waals surface area contributed by atoms with Gasteiger partial charge in [-0.3, -0.25) is 4.57 Å². The zero-order valence-corrected chi connectivity index (χ0v) is 10.5. The third-order valence-corrected chi connectivity index (χ3v) is 4.53. The van der Waals surface area contributed by atoms with Crippen LogP contribution in [0.2, 0.25) is 0 Å². The fourth-order valence-electron chi connectivity index (χ4n) is 1.87. The maximum absolute atomic E-state index is 11.7. The van der Waals surface area contributed by atoms with Crippen LogP contribution in [0.1, 0.15) is 10.9 Å². The molecular weight excluding hydrogens is 258 g/mol. The summed E-state index contributed by atoms with van der Waals surface area (Å²) in [5.41, 5.74) is 5.55. The molecule has 0 aliphatic carbocycles. The van der Waals surface area contributed by atoms with Crippen molar-refractivity contribution in [3.8, 4) is 0 Å². The van der Waals surface area contributed by atoms with E-state index in [0.717, 1.165) is 11.8 Å². The first-order chi connectivity index (χ1) is 8.45. The number of aliphatic hydroxyl groups excluding tert-OH is 3. The average molecular weight is 273 g/mol. The largest absolute Gasteiger partial charge is 0.395 e. The van der Waals surface area contributed by atoms with Crippen LogP contribution in [-0.4, -0.2) is 48.9 Å². The van der Waals surface area contributed by atoms with Crippen LogP contribution in [0.3, 0.4) is 0 Å². The molecule has 0 aromatic carbocycles. The van der Waals surface area contributed by atoms with Crippen molar-refractivity contribution in [1.29, 1.82) is 0 Å². The molecule has 1 aliphatic heterocycles. The normalized spacial score (nSPS) is 31.8. The Bertz CT molecular complexity index is 506. The highest BCUT2D eigenvalue weighted by molar-refractivity contribution is 8.00. The quantitative estimate of drug-likeness (QED) is 0.515. The Labute approximate surface area is 107 Å². The minimum atomic E-state index is -1.13. The highest BCUT2D eigenvalue weighted by Gasteiger charge is 2.43. The maximum Gasteiger partial charge on any atom is 0.350 e. The molecule has 2 rings (SSSR count). The molecule has 100 valence electrons. The molecule has 0 bridgehead atoms. The standard InChI is InChI=1S/C10H15N3O4S/c1-4-2-13(10(17)12-8(4)11)9-7(16)6(15)5(3-14)18-9/h2,5-7,9,14-16H,3H2,1H3,(H2,11,12,17)/t5-,6-,7-,9-/m1/s1. The molecule has 0 spiro atoms. The van der Waals surface area contributed by atoms with Crippen molar-refractivity contribution in [1.82, 2.24) is 9.55 Å². The fraction of sp³-hybridized carbons (Fsp3) is 0.600. The van der Waals surface area contributed by atoms with Gasteiger partial charge < -0.3 is 21.1 Å². The molecule has 0 radical (unpaired) electrons. The number of aromatic nitrogens is 2. The summed E-state index contributed by atoms with van der Waals surface area (Å²) in [6, 6.07) is 0. The van der Waals surface area contributed by atoms with Gasteiger partial charge in [-0.1, -0.05) is 0 Å². The number of rotatable bonds is 2. The van der Waals surface area contributed by atoms with Gasteiger partial charge in [-0.15, -0.1) is 11.8 Å². The Hall–Kier alpha value is -1.09. The number of nitrogen functional groups attached to an aromatic ring is 1. The summed E-state index contributed by atoms with van der Waals surface area (Å²) in [6.45, 7) is 1.43. The molecule has 1 aromatic heterocycles. The molecule has 1 aromatic rings. The smallest absolute Gasteiger partial charge is 0.350 e. The number of hydrogen-bond donors (Lipinski definition) is 4. The predicted molar refractivity (Wildman–Crippen MR) is 67.2 cm³/mol. The van der Waals surface area contributed by atoms with Crippen molar-refractivity contribution >= 4 is 17.6 Å². The van der Waals surface area contributed by atoms with Crippen LogP contribution in [0.25, 0.3) is 0 Å². The lowest BCUT2D eigenvalue weighted by Crippen LogP contribution is -2.36. The minimum absolute atomic E-state index is 0.146. The molecule has 7 nitrogen and oxygen atoms in total. The van der Waals surface area contributed by atoms with Crippen LogP contribution in [0.4, 0.5) is 5.82 Å². The molecule has 0 saturated carbocycles. The van der Waals surface area contributed by atoms with E-state index in [1.807, 2.05) is 0 Å². The van der Waals surface area contributed by atoms with Gasteiger partial charge in [-0.25, -0.2) is 4.79 Å². The number of nitrogens with zero attached hydrogens (tertiary/aromatic N) is 2.